The number of aliphatic hydroxyl groups is 1. The highest BCUT2D eigenvalue weighted by molar-refractivity contribution is 8.13. The van der Waals surface area contributed by atoms with Crippen LogP contribution in [0.3, 0.4) is 0 Å². The number of aromatic amines is 1. The third kappa shape index (κ3) is 6.45. The van der Waals surface area contributed by atoms with Gasteiger partial charge in [-0.15, -0.1) is 10.2 Å². The minimum Gasteiger partial charge on any atom is -0.389 e. The normalized spacial score (nSPS) is 18.2. The fourth-order valence-corrected chi connectivity index (χ4v) is 4.27. The second-order valence-corrected chi connectivity index (χ2v) is 7.94. The predicted molar refractivity (Wildman–Crippen MR) is 110 cm³/mol. The first-order valence-corrected chi connectivity index (χ1v) is 10.8. The molecule has 1 saturated heterocycles. The van der Waals surface area contributed by atoms with Gasteiger partial charge in [-0.25, -0.2) is 0 Å². The van der Waals surface area contributed by atoms with E-state index in [0.29, 0.717) is 6.42 Å². The summed E-state index contributed by atoms with van der Waals surface area (Å²) >= 11 is 1.36. The molecule has 1 aliphatic heterocycles. The van der Waals surface area contributed by atoms with Crippen molar-refractivity contribution in [3.8, 4) is 0 Å². The summed E-state index contributed by atoms with van der Waals surface area (Å²) in [5, 5.41) is 24.3. The van der Waals surface area contributed by atoms with E-state index in [0.717, 1.165) is 55.8 Å². The summed E-state index contributed by atoms with van der Waals surface area (Å²) in [5.41, 5.74) is 1.11. The summed E-state index contributed by atoms with van der Waals surface area (Å²) in [6.07, 6.45) is 8.86. The summed E-state index contributed by atoms with van der Waals surface area (Å²) < 4.78 is 0. The van der Waals surface area contributed by atoms with Gasteiger partial charge in [-0.1, -0.05) is 72.3 Å². The maximum atomic E-state index is 12.2. The van der Waals surface area contributed by atoms with Crippen molar-refractivity contribution in [1.82, 2.24) is 25.5 Å². The lowest BCUT2D eigenvalue weighted by molar-refractivity contribution is 0.213. The smallest absolute Gasteiger partial charge is 0.282 e. The topological polar surface area (TPSA) is 95.0 Å². The molecule has 1 aromatic heterocycles. The van der Waals surface area contributed by atoms with Gasteiger partial charge in [0.15, 0.2) is 5.82 Å². The lowest BCUT2D eigenvalue weighted by Gasteiger charge is -2.21. The molecular formula is C20H27N5O2S. The van der Waals surface area contributed by atoms with Crippen LogP contribution in [-0.2, 0) is 12.8 Å². The number of aryl methyl sites for hydroxylation is 1. The van der Waals surface area contributed by atoms with Crippen LogP contribution in [0, 0.1) is 0 Å². The number of nitrogens with zero attached hydrogens (tertiary/aromatic N) is 4. The van der Waals surface area contributed by atoms with E-state index < -0.39 is 6.10 Å². The summed E-state index contributed by atoms with van der Waals surface area (Å²) in [6.45, 7) is 0.762. The van der Waals surface area contributed by atoms with Gasteiger partial charge < -0.3 is 10.0 Å². The molecule has 2 heterocycles. The second kappa shape index (κ2) is 11.0. The Bertz CT molecular complexity index is 738. The number of thioether (sulfide) groups is 1. The van der Waals surface area contributed by atoms with Crippen molar-refractivity contribution in [2.24, 2.45) is 0 Å². The van der Waals surface area contributed by atoms with E-state index in [1.54, 1.807) is 0 Å². The molecule has 2 atom stereocenters. The number of aliphatic hydroxyl groups excluding tert-OH is 1. The Hall–Kier alpha value is -2.19. The van der Waals surface area contributed by atoms with Gasteiger partial charge >= 0.3 is 0 Å². The number of H-pyrrole nitrogens is 1. The molecule has 1 aliphatic rings. The molecule has 28 heavy (non-hydrogen) atoms. The van der Waals surface area contributed by atoms with E-state index in [1.807, 2.05) is 47.4 Å². The van der Waals surface area contributed by atoms with E-state index in [4.69, 9.17) is 0 Å². The number of carbonyl (C=O) groups is 1. The second-order valence-electron chi connectivity index (χ2n) is 6.97. The van der Waals surface area contributed by atoms with Crippen molar-refractivity contribution in [3.63, 3.8) is 0 Å². The van der Waals surface area contributed by atoms with Crippen LogP contribution >= 0.6 is 11.8 Å². The number of benzene rings is 1. The van der Waals surface area contributed by atoms with Crippen LogP contribution in [0.2, 0.25) is 0 Å². The Morgan fingerprint density at radius 1 is 1.25 bits per heavy atom. The van der Waals surface area contributed by atoms with Crippen LogP contribution in [0.4, 0.5) is 4.79 Å². The molecule has 0 spiro atoms. The number of rotatable bonds is 11. The third-order valence-corrected chi connectivity index (χ3v) is 5.78. The average Bonchev–Trinajstić information content (AvgIpc) is 3.34. The standard InChI is InChI=1S/C20H27N5O2S/c26-18(14-16-8-4-3-5-9-16)12-11-17-15-28-20(27)25(17)13-7-2-1-6-10-19-21-23-24-22-19/h3-5,8-9,11-12,17-18,26H,1-2,6-7,10,13-15H2,(H,21,22,23,24)/b12-11+/t17-,18?/m0/s1. The Balaban J connectivity index is 1.37. The van der Waals surface area contributed by atoms with Crippen molar-refractivity contribution in [2.75, 3.05) is 12.3 Å². The largest absolute Gasteiger partial charge is 0.389 e. The summed E-state index contributed by atoms with van der Waals surface area (Å²) in [4.78, 5) is 14.1. The van der Waals surface area contributed by atoms with Crippen LogP contribution in [-0.4, -0.2) is 60.3 Å². The molecule has 0 saturated carbocycles. The van der Waals surface area contributed by atoms with E-state index in [2.05, 4.69) is 20.6 Å². The predicted octanol–water partition coefficient (Wildman–Crippen LogP) is 3.00. The maximum Gasteiger partial charge on any atom is 0.282 e. The number of aromatic nitrogens is 4. The van der Waals surface area contributed by atoms with Gasteiger partial charge in [-0.3, -0.25) is 4.79 Å². The lowest BCUT2D eigenvalue weighted by Crippen LogP contribution is -2.33. The molecule has 1 unspecified atom stereocenters. The van der Waals surface area contributed by atoms with E-state index in [1.165, 1.54) is 11.8 Å². The number of carbonyl (C=O) groups excluding carboxylic acids is 1. The van der Waals surface area contributed by atoms with Crippen LogP contribution in [0.1, 0.15) is 37.1 Å². The lowest BCUT2D eigenvalue weighted by atomic mass is 10.1. The monoisotopic (exact) mass is 401 g/mol. The first kappa shape index (κ1) is 20.5. The molecule has 150 valence electrons. The molecule has 1 amide bonds. The van der Waals surface area contributed by atoms with Crippen LogP contribution in [0.25, 0.3) is 0 Å². The molecule has 0 bridgehead atoms. The Morgan fingerprint density at radius 2 is 2.07 bits per heavy atom. The van der Waals surface area contributed by atoms with Gasteiger partial charge in [0.05, 0.1) is 12.1 Å². The van der Waals surface area contributed by atoms with E-state index in [-0.39, 0.29) is 11.3 Å². The van der Waals surface area contributed by atoms with Crippen molar-refractivity contribution in [2.45, 2.75) is 50.7 Å². The molecule has 1 fully saturated rings. The van der Waals surface area contributed by atoms with Gasteiger partial charge in [-0.05, 0) is 18.4 Å². The molecule has 3 rings (SSSR count). The highest BCUT2D eigenvalue weighted by atomic mass is 32.2. The molecular weight excluding hydrogens is 374 g/mol. The third-order valence-electron chi connectivity index (χ3n) is 4.79. The number of tetrazole rings is 1. The molecule has 1 aromatic carbocycles. The average molecular weight is 402 g/mol. The van der Waals surface area contributed by atoms with Crippen molar-refractivity contribution >= 4 is 17.0 Å². The Morgan fingerprint density at radius 3 is 2.86 bits per heavy atom. The zero-order chi connectivity index (χ0) is 19.6. The molecule has 8 heteroatoms. The summed E-state index contributed by atoms with van der Waals surface area (Å²) in [6, 6.07) is 10.0. The van der Waals surface area contributed by atoms with Gasteiger partial charge in [-0.2, -0.15) is 5.21 Å². The van der Waals surface area contributed by atoms with Crippen molar-refractivity contribution in [3.05, 3.63) is 53.9 Å². The van der Waals surface area contributed by atoms with Crippen LogP contribution < -0.4 is 0 Å². The number of hydrogen-bond acceptors (Lipinski definition) is 6. The van der Waals surface area contributed by atoms with Gasteiger partial charge in [0.1, 0.15) is 0 Å². The molecule has 2 aromatic rings. The Labute approximate surface area is 169 Å². The first-order chi connectivity index (χ1) is 13.7. The quantitative estimate of drug-likeness (QED) is 0.444. The molecule has 7 nitrogen and oxygen atoms in total. The molecule has 0 radical (unpaired) electrons. The molecule has 2 N–H and O–H groups in total. The number of amides is 1. The van der Waals surface area contributed by atoms with Gasteiger partial charge in [0.2, 0.25) is 0 Å². The number of nitrogens with one attached hydrogen (secondary N) is 1. The van der Waals surface area contributed by atoms with Crippen molar-refractivity contribution < 1.29 is 9.90 Å². The highest BCUT2D eigenvalue weighted by Crippen LogP contribution is 2.25. The SMILES string of the molecule is O=C1SC[C@H](/C=C/C(O)Cc2ccccc2)N1CCCCCCc1nn[nH]n1. The minimum atomic E-state index is -0.532. The fraction of sp³-hybridized carbons (Fsp3) is 0.500. The minimum absolute atomic E-state index is 0.0715. The summed E-state index contributed by atoms with van der Waals surface area (Å²) in [7, 11) is 0. The Kier molecular flexibility index (Phi) is 8.05. The number of unbranched alkanes of at least 4 members (excludes halogenated alkanes) is 3. The van der Waals surface area contributed by atoms with Crippen LogP contribution in [0.15, 0.2) is 42.5 Å². The highest BCUT2D eigenvalue weighted by Gasteiger charge is 2.29. The number of hydrogen-bond donors (Lipinski definition) is 2. The van der Waals surface area contributed by atoms with Gasteiger partial charge in [0.25, 0.3) is 5.24 Å². The van der Waals surface area contributed by atoms with Gasteiger partial charge in [0, 0.05) is 25.1 Å². The maximum absolute atomic E-state index is 12.2. The molecule has 0 aliphatic carbocycles. The zero-order valence-electron chi connectivity index (χ0n) is 15.9. The van der Waals surface area contributed by atoms with E-state index >= 15 is 0 Å². The van der Waals surface area contributed by atoms with Crippen molar-refractivity contribution in [1.29, 1.82) is 0 Å². The zero-order valence-corrected chi connectivity index (χ0v) is 16.7. The fourth-order valence-electron chi connectivity index (χ4n) is 3.27. The first-order valence-electron chi connectivity index (χ1n) is 9.78. The summed E-state index contributed by atoms with van der Waals surface area (Å²) in [5.74, 6) is 1.51. The van der Waals surface area contributed by atoms with E-state index in [9.17, 15) is 9.90 Å². The van der Waals surface area contributed by atoms with Crippen LogP contribution in [0.5, 0.6) is 0 Å².